The molecule has 296 valence electrons. The van der Waals surface area contributed by atoms with Crippen LogP contribution in [-0.4, -0.2) is 165 Å². The van der Waals surface area contributed by atoms with Gasteiger partial charge in [-0.05, 0) is 12.8 Å². The summed E-state index contributed by atoms with van der Waals surface area (Å²) in [6.07, 6.45) is -13.6. The highest BCUT2D eigenvalue weighted by Crippen LogP contribution is 2.37. The molecule has 0 saturated carbocycles. The second-order valence-electron chi connectivity index (χ2n) is 13.1. The number of aliphatic hydroxyl groups is 9. The van der Waals surface area contributed by atoms with E-state index in [1.807, 2.05) is 0 Å². The maximum atomic E-state index is 12.2. The standard InChI is InChI=1S/C16H28N2O9.C15H26O9/c1-4-7(2)14(23)17-6-10(21)12(22)13-11(18-8(3)19)9(20)5-16(26,27-13)15(24)25;1-3-7(2)9(17)4-8-10(18)5-15(23,14(21)22)24-13(8)12(20)11(19)6-16/h7,9-13,20-22,26H,4-6H2,1-3H3,(H,17,23)(H,18,19)(H,24,25);7-8,10-13,16,18-20,23H,3-6H2,1-2H3,(H,21,22). The zero-order valence-corrected chi connectivity index (χ0v) is 29.2. The van der Waals surface area contributed by atoms with E-state index in [0.717, 1.165) is 6.92 Å². The van der Waals surface area contributed by atoms with Crippen molar-refractivity contribution in [1.82, 2.24) is 10.6 Å². The zero-order chi connectivity index (χ0) is 39.6. The molecule has 14 atom stereocenters. The van der Waals surface area contributed by atoms with Crippen LogP contribution in [-0.2, 0) is 33.4 Å². The minimum absolute atomic E-state index is 0.217. The van der Waals surface area contributed by atoms with Crippen molar-refractivity contribution in [2.75, 3.05) is 13.2 Å². The number of rotatable bonds is 16. The van der Waals surface area contributed by atoms with E-state index in [0.29, 0.717) is 12.8 Å². The minimum atomic E-state index is -2.81. The molecular weight excluding hydrogens is 688 g/mol. The molecule has 2 heterocycles. The molecular formula is C31H54N2O18. The van der Waals surface area contributed by atoms with Crippen LogP contribution in [0.3, 0.4) is 0 Å². The maximum absolute atomic E-state index is 12.2. The van der Waals surface area contributed by atoms with Crippen molar-refractivity contribution >= 4 is 29.5 Å². The Hall–Kier alpha value is -2.89. The van der Waals surface area contributed by atoms with Gasteiger partial charge in [0.2, 0.25) is 11.8 Å². The van der Waals surface area contributed by atoms with Gasteiger partial charge in [-0.2, -0.15) is 0 Å². The molecule has 2 fully saturated rings. The quantitative estimate of drug-likeness (QED) is 0.0709. The monoisotopic (exact) mass is 742 g/mol. The second kappa shape index (κ2) is 19.8. The number of carbonyl (C=O) groups is 5. The van der Waals surface area contributed by atoms with Gasteiger partial charge in [0.1, 0.15) is 30.2 Å². The lowest BCUT2D eigenvalue weighted by atomic mass is 9.79. The first kappa shape index (κ1) is 46.1. The summed E-state index contributed by atoms with van der Waals surface area (Å²) in [5, 5.41) is 112. The fourth-order valence-corrected chi connectivity index (χ4v) is 5.43. The third-order valence-electron chi connectivity index (χ3n) is 9.15. The third-order valence-corrected chi connectivity index (χ3v) is 9.15. The van der Waals surface area contributed by atoms with Crippen LogP contribution in [0.25, 0.3) is 0 Å². The molecule has 0 aromatic heterocycles. The highest BCUT2D eigenvalue weighted by Gasteiger charge is 2.55. The normalized spacial score (nSPS) is 32.8. The Bertz CT molecular complexity index is 1190. The largest absolute Gasteiger partial charge is 0.477 e. The van der Waals surface area contributed by atoms with E-state index in [1.165, 1.54) is 0 Å². The van der Waals surface area contributed by atoms with Gasteiger partial charge < -0.3 is 76.3 Å². The van der Waals surface area contributed by atoms with Crippen LogP contribution in [0, 0.1) is 17.8 Å². The number of hydrogen-bond donors (Lipinski definition) is 13. The summed E-state index contributed by atoms with van der Waals surface area (Å²) < 4.78 is 10.1. The van der Waals surface area contributed by atoms with E-state index in [2.05, 4.69) is 10.6 Å². The Morgan fingerprint density at radius 3 is 1.71 bits per heavy atom. The van der Waals surface area contributed by atoms with Gasteiger partial charge in [-0.25, -0.2) is 9.59 Å². The average molecular weight is 743 g/mol. The summed E-state index contributed by atoms with van der Waals surface area (Å²) in [5.41, 5.74) is 0. The van der Waals surface area contributed by atoms with Gasteiger partial charge in [0.25, 0.3) is 11.6 Å². The first-order valence-corrected chi connectivity index (χ1v) is 16.5. The van der Waals surface area contributed by atoms with E-state index in [4.69, 9.17) is 24.8 Å². The van der Waals surface area contributed by atoms with Crippen LogP contribution in [0.5, 0.6) is 0 Å². The molecule has 2 rings (SSSR count). The number of hydrogen-bond acceptors (Lipinski definition) is 16. The molecule has 20 nitrogen and oxygen atoms in total. The maximum Gasteiger partial charge on any atom is 0.364 e. The molecule has 13 N–H and O–H groups in total. The first-order valence-electron chi connectivity index (χ1n) is 16.5. The molecule has 2 aliphatic rings. The second-order valence-corrected chi connectivity index (χ2v) is 13.1. The third kappa shape index (κ3) is 12.3. The fourth-order valence-electron chi connectivity index (χ4n) is 5.43. The van der Waals surface area contributed by atoms with Crippen molar-refractivity contribution in [2.45, 2.75) is 133 Å². The van der Waals surface area contributed by atoms with Crippen LogP contribution >= 0.6 is 0 Å². The summed E-state index contributed by atoms with van der Waals surface area (Å²) in [6.45, 7) is 6.90. The Morgan fingerprint density at radius 2 is 1.25 bits per heavy atom. The number of aliphatic carboxylic acids is 2. The lowest BCUT2D eigenvalue weighted by Crippen LogP contribution is -2.67. The van der Waals surface area contributed by atoms with E-state index >= 15 is 0 Å². The van der Waals surface area contributed by atoms with Crippen molar-refractivity contribution in [1.29, 1.82) is 0 Å². The average Bonchev–Trinajstić information content (AvgIpc) is 3.07. The van der Waals surface area contributed by atoms with Crippen LogP contribution in [0.1, 0.15) is 66.7 Å². The predicted molar refractivity (Wildman–Crippen MR) is 170 cm³/mol. The molecule has 0 aliphatic carbocycles. The summed E-state index contributed by atoms with van der Waals surface area (Å²) in [7, 11) is 0. The van der Waals surface area contributed by atoms with Crippen molar-refractivity contribution in [3.05, 3.63) is 0 Å². The lowest BCUT2D eigenvalue weighted by molar-refractivity contribution is -0.304. The molecule has 0 aromatic carbocycles. The fraction of sp³-hybridized carbons (Fsp3) is 0.839. The predicted octanol–water partition coefficient (Wildman–Crippen LogP) is -4.46. The van der Waals surface area contributed by atoms with E-state index in [9.17, 15) is 64.8 Å². The highest BCUT2D eigenvalue weighted by atomic mass is 16.7. The Labute approximate surface area is 294 Å². The summed E-state index contributed by atoms with van der Waals surface area (Å²) in [6, 6.07) is -1.28. The molecule has 0 aromatic rings. The van der Waals surface area contributed by atoms with Crippen molar-refractivity contribution in [3.8, 4) is 0 Å². The highest BCUT2D eigenvalue weighted by molar-refractivity contribution is 5.81. The number of ketones is 1. The molecule has 0 bridgehead atoms. The van der Waals surface area contributed by atoms with Gasteiger partial charge >= 0.3 is 11.9 Å². The van der Waals surface area contributed by atoms with Crippen LogP contribution in [0.15, 0.2) is 0 Å². The Kier molecular flexibility index (Phi) is 17.9. The lowest BCUT2D eigenvalue weighted by Gasteiger charge is -2.44. The van der Waals surface area contributed by atoms with Gasteiger partial charge in [0.05, 0.1) is 37.1 Å². The molecule has 2 aliphatic heterocycles. The van der Waals surface area contributed by atoms with E-state index < -0.39 is 110 Å². The molecule has 14 unspecified atom stereocenters. The van der Waals surface area contributed by atoms with Gasteiger partial charge in [0.15, 0.2) is 0 Å². The molecule has 2 amide bonds. The number of ether oxygens (including phenoxy) is 2. The van der Waals surface area contributed by atoms with Crippen molar-refractivity contribution in [2.24, 2.45) is 17.8 Å². The van der Waals surface area contributed by atoms with Crippen molar-refractivity contribution in [3.63, 3.8) is 0 Å². The van der Waals surface area contributed by atoms with E-state index in [-0.39, 0.29) is 36.5 Å². The van der Waals surface area contributed by atoms with Gasteiger partial charge in [-0.3, -0.25) is 14.4 Å². The van der Waals surface area contributed by atoms with E-state index in [1.54, 1.807) is 27.7 Å². The van der Waals surface area contributed by atoms with Gasteiger partial charge in [-0.1, -0.05) is 27.7 Å². The summed E-state index contributed by atoms with van der Waals surface area (Å²) in [4.78, 5) is 57.7. The molecule has 51 heavy (non-hydrogen) atoms. The van der Waals surface area contributed by atoms with Gasteiger partial charge in [-0.15, -0.1) is 0 Å². The SMILES string of the molecule is CCC(C)C(=O)CC1C(O)CC(O)(C(=O)O)OC1C(O)C(O)CO.CCC(C)C(=O)NCC(O)C(O)C1OC(O)(C(=O)O)CC(O)C1NC(C)=O. The molecule has 0 spiro atoms. The van der Waals surface area contributed by atoms with Crippen LogP contribution in [0.4, 0.5) is 0 Å². The van der Waals surface area contributed by atoms with Gasteiger partial charge in [0, 0.05) is 50.5 Å². The smallest absolute Gasteiger partial charge is 0.364 e. The molecule has 20 heteroatoms. The number of Topliss-reactive ketones (excluding diaryl/α,β-unsaturated/α-hetero) is 1. The molecule has 0 radical (unpaired) electrons. The number of carboxylic acid groups (broad SMARTS) is 2. The summed E-state index contributed by atoms with van der Waals surface area (Å²) >= 11 is 0. The number of carboxylic acids is 2. The summed E-state index contributed by atoms with van der Waals surface area (Å²) in [5.74, 6) is -11.9. The Balaban J connectivity index is 0.000000514. The minimum Gasteiger partial charge on any atom is -0.477 e. The number of amides is 2. The topological polar surface area (TPSA) is 350 Å². The van der Waals surface area contributed by atoms with Crippen LogP contribution < -0.4 is 10.6 Å². The number of nitrogens with one attached hydrogen (secondary N) is 2. The van der Waals surface area contributed by atoms with Crippen molar-refractivity contribution < 1.29 is 89.6 Å². The number of aliphatic hydroxyl groups excluding tert-OH is 7. The molecule has 2 saturated heterocycles. The zero-order valence-electron chi connectivity index (χ0n) is 29.2. The number of carbonyl (C=O) groups excluding carboxylic acids is 3. The Morgan fingerprint density at radius 1 is 0.784 bits per heavy atom. The first-order chi connectivity index (χ1) is 23.5. The van der Waals surface area contributed by atoms with Crippen LogP contribution in [0.2, 0.25) is 0 Å².